The highest BCUT2D eigenvalue weighted by Crippen LogP contribution is 2.06. The van der Waals surface area contributed by atoms with Crippen molar-refractivity contribution in [2.24, 2.45) is 0 Å². The number of nitrogens with zero attached hydrogens (tertiary/aromatic N) is 4. The molecule has 2 aromatic rings. The number of piperazine rings is 1. The zero-order valence-corrected chi connectivity index (χ0v) is 13.1. The van der Waals surface area contributed by atoms with Gasteiger partial charge in [0.25, 0.3) is 0 Å². The van der Waals surface area contributed by atoms with Crippen molar-refractivity contribution < 1.29 is 0 Å². The molecule has 0 spiro atoms. The highest BCUT2D eigenvalue weighted by Gasteiger charge is 2.16. The molecule has 22 heavy (non-hydrogen) atoms. The number of hydrogen-bond acceptors (Lipinski definition) is 4. The van der Waals surface area contributed by atoms with Crippen LogP contribution in [0.25, 0.3) is 0 Å². The normalized spacial score (nSPS) is 16.7. The van der Waals surface area contributed by atoms with Crippen molar-refractivity contribution in [2.75, 3.05) is 39.3 Å². The fourth-order valence-electron chi connectivity index (χ4n) is 2.91. The van der Waals surface area contributed by atoms with Gasteiger partial charge in [0.1, 0.15) is 0 Å². The molecule has 1 aliphatic heterocycles. The molecule has 3 heterocycles. The van der Waals surface area contributed by atoms with Gasteiger partial charge in [0, 0.05) is 64.1 Å². The smallest absolute Gasteiger partial charge is 0.0270 e. The van der Waals surface area contributed by atoms with Gasteiger partial charge in [-0.1, -0.05) is 0 Å². The third-order valence-corrected chi connectivity index (χ3v) is 4.40. The Kier molecular flexibility index (Phi) is 5.51. The fourth-order valence-corrected chi connectivity index (χ4v) is 2.91. The summed E-state index contributed by atoms with van der Waals surface area (Å²) < 4.78 is 0. The van der Waals surface area contributed by atoms with Gasteiger partial charge in [-0.3, -0.25) is 9.97 Å². The van der Waals surface area contributed by atoms with E-state index in [0.29, 0.717) is 0 Å². The average Bonchev–Trinajstić information content (AvgIpc) is 2.61. The van der Waals surface area contributed by atoms with Crippen LogP contribution in [-0.2, 0) is 12.8 Å². The monoisotopic (exact) mass is 296 g/mol. The molecular weight excluding hydrogens is 272 g/mol. The van der Waals surface area contributed by atoms with Gasteiger partial charge in [0.15, 0.2) is 0 Å². The van der Waals surface area contributed by atoms with Crippen LogP contribution < -0.4 is 0 Å². The van der Waals surface area contributed by atoms with Gasteiger partial charge in [-0.25, -0.2) is 0 Å². The van der Waals surface area contributed by atoms with E-state index in [0.717, 1.165) is 25.9 Å². The Labute approximate surface area is 132 Å². The molecule has 0 atom stereocenters. The quantitative estimate of drug-likeness (QED) is 0.815. The van der Waals surface area contributed by atoms with E-state index in [1.807, 2.05) is 24.8 Å². The molecule has 1 aliphatic rings. The van der Waals surface area contributed by atoms with E-state index >= 15 is 0 Å². The molecule has 0 amide bonds. The number of pyridine rings is 2. The third kappa shape index (κ3) is 4.61. The van der Waals surface area contributed by atoms with Crippen molar-refractivity contribution in [3.63, 3.8) is 0 Å². The van der Waals surface area contributed by atoms with E-state index in [1.54, 1.807) is 0 Å². The van der Waals surface area contributed by atoms with Crippen LogP contribution in [0.4, 0.5) is 0 Å². The summed E-state index contributed by atoms with van der Waals surface area (Å²) in [4.78, 5) is 13.3. The molecule has 2 aromatic heterocycles. The van der Waals surface area contributed by atoms with Crippen LogP contribution in [0.3, 0.4) is 0 Å². The van der Waals surface area contributed by atoms with E-state index in [2.05, 4.69) is 44.0 Å². The summed E-state index contributed by atoms with van der Waals surface area (Å²) >= 11 is 0. The lowest BCUT2D eigenvalue weighted by atomic mass is 10.1. The molecule has 0 saturated carbocycles. The minimum Gasteiger partial charge on any atom is -0.300 e. The van der Waals surface area contributed by atoms with Crippen LogP contribution >= 0.6 is 0 Å². The molecular formula is C18H24N4. The molecule has 116 valence electrons. The second-order valence-corrected chi connectivity index (χ2v) is 5.89. The highest BCUT2D eigenvalue weighted by atomic mass is 15.3. The molecule has 0 aromatic carbocycles. The van der Waals surface area contributed by atoms with Crippen LogP contribution in [-0.4, -0.2) is 59.0 Å². The molecule has 3 rings (SSSR count). The van der Waals surface area contributed by atoms with Gasteiger partial charge in [-0.05, 0) is 48.2 Å². The van der Waals surface area contributed by atoms with Crippen molar-refractivity contribution >= 4 is 0 Å². The standard InChI is InChI=1S/C18H24N4/c1-7-19-8-2-17(1)5-11-21-13-15-22(16-14-21)12-6-18-3-9-20-10-4-18/h1-4,7-10H,5-6,11-16H2. The van der Waals surface area contributed by atoms with Gasteiger partial charge in [-0.2, -0.15) is 0 Å². The SMILES string of the molecule is c1cc(CCN2CCN(CCc3ccncc3)CC2)ccn1. The zero-order chi connectivity index (χ0) is 15.0. The van der Waals surface area contributed by atoms with Crippen molar-refractivity contribution in [3.05, 3.63) is 60.2 Å². The first-order chi connectivity index (χ1) is 10.9. The number of hydrogen-bond donors (Lipinski definition) is 0. The first-order valence-electron chi connectivity index (χ1n) is 8.13. The molecule has 0 radical (unpaired) electrons. The van der Waals surface area contributed by atoms with E-state index in [1.165, 1.54) is 37.3 Å². The summed E-state index contributed by atoms with van der Waals surface area (Å²) in [6, 6.07) is 8.46. The molecule has 0 bridgehead atoms. The lowest BCUT2D eigenvalue weighted by molar-refractivity contribution is 0.134. The predicted octanol–water partition coefficient (Wildman–Crippen LogP) is 1.88. The van der Waals surface area contributed by atoms with Crippen molar-refractivity contribution in [1.82, 2.24) is 19.8 Å². The van der Waals surface area contributed by atoms with Crippen LogP contribution in [0.5, 0.6) is 0 Å². The maximum absolute atomic E-state index is 4.07. The summed E-state index contributed by atoms with van der Waals surface area (Å²) in [5.41, 5.74) is 2.77. The van der Waals surface area contributed by atoms with Gasteiger partial charge >= 0.3 is 0 Å². The molecule has 1 fully saturated rings. The Morgan fingerprint density at radius 3 is 1.36 bits per heavy atom. The van der Waals surface area contributed by atoms with E-state index < -0.39 is 0 Å². The molecule has 0 aliphatic carbocycles. The van der Waals surface area contributed by atoms with E-state index in [9.17, 15) is 0 Å². The van der Waals surface area contributed by atoms with Gasteiger partial charge in [0.2, 0.25) is 0 Å². The van der Waals surface area contributed by atoms with Crippen LogP contribution in [0.2, 0.25) is 0 Å². The summed E-state index contributed by atoms with van der Waals surface area (Å²) in [7, 11) is 0. The number of rotatable bonds is 6. The van der Waals surface area contributed by atoms with Crippen molar-refractivity contribution in [2.45, 2.75) is 12.8 Å². The maximum atomic E-state index is 4.07. The Balaban J connectivity index is 1.35. The van der Waals surface area contributed by atoms with Crippen LogP contribution in [0.1, 0.15) is 11.1 Å². The third-order valence-electron chi connectivity index (χ3n) is 4.40. The zero-order valence-electron chi connectivity index (χ0n) is 13.1. The lowest BCUT2D eigenvalue weighted by Gasteiger charge is -2.34. The van der Waals surface area contributed by atoms with Crippen LogP contribution in [0.15, 0.2) is 49.1 Å². The average molecular weight is 296 g/mol. The van der Waals surface area contributed by atoms with Crippen molar-refractivity contribution in [1.29, 1.82) is 0 Å². The summed E-state index contributed by atoms with van der Waals surface area (Å²) in [5.74, 6) is 0. The second kappa shape index (κ2) is 8.01. The maximum Gasteiger partial charge on any atom is 0.0270 e. The van der Waals surface area contributed by atoms with Gasteiger partial charge < -0.3 is 9.80 Å². The molecule has 4 heteroatoms. The summed E-state index contributed by atoms with van der Waals surface area (Å²) in [6.45, 7) is 7.04. The molecule has 0 N–H and O–H groups in total. The Bertz CT molecular complexity index is 484. The largest absolute Gasteiger partial charge is 0.300 e. The molecule has 0 unspecified atom stereocenters. The lowest BCUT2D eigenvalue weighted by Crippen LogP contribution is -2.47. The van der Waals surface area contributed by atoms with Crippen LogP contribution in [0, 0.1) is 0 Å². The molecule has 4 nitrogen and oxygen atoms in total. The predicted molar refractivity (Wildman–Crippen MR) is 88.8 cm³/mol. The van der Waals surface area contributed by atoms with Crippen molar-refractivity contribution in [3.8, 4) is 0 Å². The second-order valence-electron chi connectivity index (χ2n) is 5.89. The first-order valence-corrected chi connectivity index (χ1v) is 8.13. The summed E-state index contributed by atoms with van der Waals surface area (Å²) in [6.07, 6.45) is 9.77. The Morgan fingerprint density at radius 1 is 0.636 bits per heavy atom. The highest BCUT2D eigenvalue weighted by molar-refractivity contribution is 5.10. The minimum absolute atomic E-state index is 1.12. The molecule has 1 saturated heterocycles. The first kappa shape index (κ1) is 15.1. The van der Waals surface area contributed by atoms with E-state index in [4.69, 9.17) is 0 Å². The Hall–Kier alpha value is -1.78. The fraction of sp³-hybridized carbons (Fsp3) is 0.444. The van der Waals surface area contributed by atoms with Gasteiger partial charge in [0.05, 0.1) is 0 Å². The minimum atomic E-state index is 1.12. The Morgan fingerprint density at radius 2 is 1.00 bits per heavy atom. The van der Waals surface area contributed by atoms with Gasteiger partial charge in [-0.15, -0.1) is 0 Å². The topological polar surface area (TPSA) is 32.3 Å². The summed E-state index contributed by atoms with van der Waals surface area (Å²) in [5, 5.41) is 0. The van der Waals surface area contributed by atoms with E-state index in [-0.39, 0.29) is 0 Å². The number of aromatic nitrogens is 2.